The minimum absolute atomic E-state index is 0.00554. The largest absolute Gasteiger partial charge is 0.326 e. The summed E-state index contributed by atoms with van der Waals surface area (Å²) in [6.45, 7) is 7.78. The number of carbonyl (C=O) groups is 1. The lowest BCUT2D eigenvalue weighted by Gasteiger charge is -2.23. The zero-order valence-corrected chi connectivity index (χ0v) is 15.2. The molecule has 0 spiro atoms. The third-order valence-corrected chi connectivity index (χ3v) is 4.04. The maximum Gasteiger partial charge on any atom is 0.225 e. The first-order valence-electron chi connectivity index (χ1n) is 8.71. The van der Waals surface area contributed by atoms with Gasteiger partial charge in [-0.15, -0.1) is 0 Å². The first kappa shape index (κ1) is 19.1. The Morgan fingerprint density at radius 2 is 1.68 bits per heavy atom. The number of para-hydroxylation sites is 1. The molecule has 2 aromatic carbocycles. The van der Waals surface area contributed by atoms with E-state index in [1.165, 1.54) is 12.1 Å². The highest BCUT2D eigenvalue weighted by Crippen LogP contribution is 2.29. The van der Waals surface area contributed by atoms with Gasteiger partial charge in [0, 0.05) is 18.7 Å². The van der Waals surface area contributed by atoms with E-state index in [1.807, 2.05) is 18.2 Å². The van der Waals surface area contributed by atoms with Crippen molar-refractivity contribution in [1.29, 1.82) is 0 Å². The Labute approximate surface area is 149 Å². The van der Waals surface area contributed by atoms with E-state index in [0.717, 1.165) is 29.8 Å². The van der Waals surface area contributed by atoms with Crippen LogP contribution in [0.15, 0.2) is 48.5 Å². The highest BCUT2D eigenvalue weighted by atomic mass is 19.1. The summed E-state index contributed by atoms with van der Waals surface area (Å²) in [5.74, 6) is -0.213. The van der Waals surface area contributed by atoms with Crippen LogP contribution in [0, 0.1) is 5.82 Å². The van der Waals surface area contributed by atoms with Crippen LogP contribution in [0.3, 0.4) is 0 Å². The van der Waals surface area contributed by atoms with Gasteiger partial charge in [0.25, 0.3) is 0 Å². The van der Waals surface area contributed by atoms with Gasteiger partial charge in [0.2, 0.25) is 5.91 Å². The predicted octanol–water partition coefficient (Wildman–Crippen LogP) is 4.28. The molecule has 3 nitrogen and oxygen atoms in total. The number of rotatable bonds is 7. The number of hydrogen-bond donors (Lipinski definition) is 2. The van der Waals surface area contributed by atoms with E-state index in [2.05, 4.69) is 37.5 Å². The summed E-state index contributed by atoms with van der Waals surface area (Å²) in [6.07, 6.45) is 1.23. The van der Waals surface area contributed by atoms with Gasteiger partial charge in [-0.25, -0.2) is 4.39 Å². The Kier molecular flexibility index (Phi) is 6.71. The minimum atomic E-state index is -0.219. The summed E-state index contributed by atoms with van der Waals surface area (Å²) in [5.41, 5.74) is 3.08. The highest BCUT2D eigenvalue weighted by molar-refractivity contribution is 5.91. The van der Waals surface area contributed by atoms with Crippen LogP contribution in [0.1, 0.15) is 38.3 Å². The lowest BCUT2D eigenvalue weighted by atomic mass is 9.86. The number of hydrogen-bond acceptors (Lipinski definition) is 2. The predicted molar refractivity (Wildman–Crippen MR) is 101 cm³/mol. The molecule has 2 aromatic rings. The average Bonchev–Trinajstić information content (AvgIpc) is 2.56. The van der Waals surface area contributed by atoms with E-state index >= 15 is 0 Å². The Bertz CT molecular complexity index is 690. The van der Waals surface area contributed by atoms with Crippen molar-refractivity contribution < 1.29 is 9.18 Å². The van der Waals surface area contributed by atoms with Crippen molar-refractivity contribution in [3.63, 3.8) is 0 Å². The quantitative estimate of drug-likeness (QED) is 0.737. The van der Waals surface area contributed by atoms with E-state index < -0.39 is 0 Å². The summed E-state index contributed by atoms with van der Waals surface area (Å²) in [6, 6.07) is 14.4. The van der Waals surface area contributed by atoms with Crippen molar-refractivity contribution in [2.75, 3.05) is 18.4 Å². The summed E-state index contributed by atoms with van der Waals surface area (Å²) < 4.78 is 12.8. The Morgan fingerprint density at radius 1 is 1.00 bits per heavy atom. The lowest BCUT2D eigenvalue weighted by Crippen LogP contribution is -2.24. The SMILES string of the molecule is CC(C)(C)c1ccccc1NC(=O)CCNCCc1ccc(F)cc1. The molecule has 0 bridgehead atoms. The number of halogens is 1. The van der Waals surface area contributed by atoms with Gasteiger partial charge < -0.3 is 10.6 Å². The number of benzene rings is 2. The number of amides is 1. The molecule has 4 heteroatoms. The van der Waals surface area contributed by atoms with Crippen molar-refractivity contribution in [3.8, 4) is 0 Å². The molecule has 0 radical (unpaired) electrons. The molecule has 0 saturated heterocycles. The van der Waals surface area contributed by atoms with Gasteiger partial charge in [-0.1, -0.05) is 51.1 Å². The van der Waals surface area contributed by atoms with Crippen molar-refractivity contribution in [2.45, 2.75) is 39.0 Å². The number of carbonyl (C=O) groups excluding carboxylic acids is 1. The fourth-order valence-corrected chi connectivity index (χ4v) is 2.67. The molecule has 1 amide bonds. The third-order valence-electron chi connectivity index (χ3n) is 4.04. The van der Waals surface area contributed by atoms with Crippen LogP contribution in [0.25, 0.3) is 0 Å². The maximum atomic E-state index is 12.8. The Balaban J connectivity index is 1.73. The maximum absolute atomic E-state index is 12.8. The molecule has 0 aliphatic rings. The normalized spacial score (nSPS) is 11.4. The van der Waals surface area contributed by atoms with E-state index in [4.69, 9.17) is 0 Å². The van der Waals surface area contributed by atoms with Gasteiger partial charge in [-0.3, -0.25) is 4.79 Å². The van der Waals surface area contributed by atoms with Crippen LogP contribution in [0.2, 0.25) is 0 Å². The van der Waals surface area contributed by atoms with E-state index in [-0.39, 0.29) is 17.1 Å². The van der Waals surface area contributed by atoms with Gasteiger partial charge in [-0.2, -0.15) is 0 Å². The summed E-state index contributed by atoms with van der Waals surface area (Å²) in [5, 5.41) is 6.27. The topological polar surface area (TPSA) is 41.1 Å². The molecular formula is C21H27FN2O. The Hall–Kier alpha value is -2.20. The van der Waals surface area contributed by atoms with Crippen LogP contribution in [0.5, 0.6) is 0 Å². The van der Waals surface area contributed by atoms with Crippen molar-refractivity contribution in [1.82, 2.24) is 5.32 Å². The molecule has 0 saturated carbocycles. The molecule has 0 aromatic heterocycles. The molecule has 0 atom stereocenters. The van der Waals surface area contributed by atoms with E-state index in [0.29, 0.717) is 13.0 Å². The molecule has 2 N–H and O–H groups in total. The Morgan fingerprint density at radius 3 is 2.36 bits per heavy atom. The van der Waals surface area contributed by atoms with Crippen LogP contribution < -0.4 is 10.6 Å². The van der Waals surface area contributed by atoms with Gasteiger partial charge in [0.1, 0.15) is 5.82 Å². The molecule has 0 aliphatic carbocycles. The van der Waals surface area contributed by atoms with Crippen molar-refractivity contribution >= 4 is 11.6 Å². The zero-order chi connectivity index (χ0) is 18.3. The third kappa shape index (κ3) is 6.31. The first-order chi connectivity index (χ1) is 11.9. The summed E-state index contributed by atoms with van der Waals surface area (Å²) >= 11 is 0. The van der Waals surface area contributed by atoms with E-state index in [1.54, 1.807) is 12.1 Å². The highest BCUT2D eigenvalue weighted by Gasteiger charge is 2.18. The van der Waals surface area contributed by atoms with Gasteiger partial charge in [0.15, 0.2) is 0 Å². The van der Waals surface area contributed by atoms with Crippen LogP contribution in [0.4, 0.5) is 10.1 Å². The fourth-order valence-electron chi connectivity index (χ4n) is 2.67. The van der Waals surface area contributed by atoms with Crippen molar-refractivity contribution in [2.24, 2.45) is 0 Å². The second-order valence-corrected chi connectivity index (χ2v) is 7.22. The van der Waals surface area contributed by atoms with Crippen LogP contribution in [-0.4, -0.2) is 19.0 Å². The second kappa shape index (κ2) is 8.77. The molecule has 0 aliphatic heterocycles. The minimum Gasteiger partial charge on any atom is -0.326 e. The molecule has 0 fully saturated rings. The number of anilines is 1. The monoisotopic (exact) mass is 342 g/mol. The van der Waals surface area contributed by atoms with Gasteiger partial charge in [-0.05, 0) is 47.7 Å². The first-order valence-corrected chi connectivity index (χ1v) is 8.71. The van der Waals surface area contributed by atoms with Crippen LogP contribution in [-0.2, 0) is 16.6 Å². The average molecular weight is 342 g/mol. The molecule has 0 unspecified atom stereocenters. The molecule has 0 heterocycles. The standard InChI is InChI=1S/C21H27FN2O/c1-21(2,3)18-6-4-5-7-19(18)24-20(25)13-15-23-14-12-16-8-10-17(22)11-9-16/h4-11,23H,12-15H2,1-3H3,(H,24,25). The second-order valence-electron chi connectivity index (χ2n) is 7.22. The van der Waals surface area contributed by atoms with Crippen LogP contribution >= 0.6 is 0 Å². The van der Waals surface area contributed by atoms with E-state index in [9.17, 15) is 9.18 Å². The summed E-state index contributed by atoms with van der Waals surface area (Å²) in [7, 11) is 0. The molecule has 25 heavy (non-hydrogen) atoms. The van der Waals surface area contributed by atoms with Crippen molar-refractivity contribution in [3.05, 3.63) is 65.5 Å². The zero-order valence-electron chi connectivity index (χ0n) is 15.2. The molecule has 134 valence electrons. The smallest absolute Gasteiger partial charge is 0.225 e. The van der Waals surface area contributed by atoms with Gasteiger partial charge in [0.05, 0.1) is 0 Å². The molecule has 2 rings (SSSR count). The lowest BCUT2D eigenvalue weighted by molar-refractivity contribution is -0.116. The fraction of sp³-hybridized carbons (Fsp3) is 0.381. The molecular weight excluding hydrogens is 315 g/mol. The number of nitrogens with one attached hydrogen (secondary N) is 2. The summed E-state index contributed by atoms with van der Waals surface area (Å²) in [4.78, 5) is 12.2. The van der Waals surface area contributed by atoms with Gasteiger partial charge >= 0.3 is 0 Å².